The molecule has 0 radical (unpaired) electrons. The van der Waals surface area contributed by atoms with Crippen LogP contribution in [0, 0.1) is 12.8 Å². The lowest BCUT2D eigenvalue weighted by atomic mass is 9.71. The summed E-state index contributed by atoms with van der Waals surface area (Å²) >= 11 is 0. The van der Waals surface area contributed by atoms with Crippen molar-refractivity contribution in [3.63, 3.8) is 0 Å². The Bertz CT molecular complexity index is 1800. The van der Waals surface area contributed by atoms with E-state index in [9.17, 15) is 49.8 Å². The maximum Gasteiger partial charge on any atom is 0.416 e. The van der Waals surface area contributed by atoms with Gasteiger partial charge in [0.1, 0.15) is 11.9 Å². The van der Waals surface area contributed by atoms with Gasteiger partial charge in [-0.3, -0.25) is 9.69 Å². The smallest absolute Gasteiger partial charge is 0.416 e. The van der Waals surface area contributed by atoms with Crippen LogP contribution in [0.4, 0.5) is 45.9 Å². The number of benzene rings is 2. The molecule has 1 aromatic heterocycles. The van der Waals surface area contributed by atoms with Crippen LogP contribution in [0.15, 0.2) is 36.4 Å². The Morgan fingerprint density at radius 1 is 1.00 bits per heavy atom. The number of hydrogen-bond acceptors (Lipinski definition) is 7. The molecule has 3 aliphatic rings. The molecular weight excluding hydrogens is 684 g/mol. The van der Waals surface area contributed by atoms with Crippen LogP contribution in [0.5, 0.6) is 5.75 Å². The second-order valence-electron chi connectivity index (χ2n) is 12.8. The monoisotopic (exact) mass is 714 g/mol. The molecule has 1 aliphatic carbocycles. The van der Waals surface area contributed by atoms with Crippen molar-refractivity contribution in [2.45, 2.75) is 69.6 Å². The molecule has 9 nitrogen and oxygen atoms in total. The molecule has 3 fully saturated rings. The molecule has 0 spiro atoms. The van der Waals surface area contributed by atoms with E-state index in [0.717, 1.165) is 10.5 Å². The van der Waals surface area contributed by atoms with Crippen molar-refractivity contribution < 1.29 is 59.3 Å². The molecule has 2 atom stereocenters. The quantitative estimate of drug-likeness (QED) is 0.238. The average molecular weight is 715 g/mol. The van der Waals surface area contributed by atoms with E-state index >= 15 is 0 Å². The van der Waals surface area contributed by atoms with Gasteiger partial charge in [-0.2, -0.15) is 26.3 Å². The van der Waals surface area contributed by atoms with Gasteiger partial charge >= 0.3 is 24.4 Å². The lowest BCUT2D eigenvalue weighted by molar-refractivity contribution is -0.145. The summed E-state index contributed by atoms with van der Waals surface area (Å²) in [4.78, 5) is 36.0. The van der Waals surface area contributed by atoms with Gasteiger partial charge in [0.15, 0.2) is 0 Å². The highest BCUT2D eigenvalue weighted by Crippen LogP contribution is 2.46. The topological polar surface area (TPSA) is 105 Å². The summed E-state index contributed by atoms with van der Waals surface area (Å²) < 4.78 is 120. The number of aryl methyl sites for hydroxylation is 1. The molecule has 1 amide bonds. The fraction of sp³-hybridized carbons (Fsp3) is 0.455. The highest BCUT2D eigenvalue weighted by Gasteiger charge is 2.47. The molecule has 0 bridgehead atoms. The third-order valence-corrected chi connectivity index (χ3v) is 9.38. The number of anilines is 1. The number of carbonyl (C=O) groups is 2. The predicted molar refractivity (Wildman–Crippen MR) is 160 cm³/mol. The SMILES string of the molecule is COc1ccc(C2CC(C(=O)O)C2)cc1-c1c(C)nc(N2CC(F)(F)C2)nc1CN1C(=O)OC(c2cc(C(F)(F)F)cc(C(F)(F)F)c2)[C@@H]1C. The summed E-state index contributed by atoms with van der Waals surface area (Å²) in [6, 6.07) is 5.09. The number of carbonyl (C=O) groups excluding carboxylic acids is 1. The molecule has 6 rings (SSSR count). The number of ether oxygens (including phenoxy) is 2. The van der Waals surface area contributed by atoms with Gasteiger partial charge in [-0.1, -0.05) is 6.07 Å². The lowest BCUT2D eigenvalue weighted by Crippen LogP contribution is -2.57. The van der Waals surface area contributed by atoms with Crippen LogP contribution in [-0.4, -0.2) is 64.2 Å². The Morgan fingerprint density at radius 3 is 2.16 bits per heavy atom. The van der Waals surface area contributed by atoms with E-state index in [0.29, 0.717) is 47.5 Å². The predicted octanol–water partition coefficient (Wildman–Crippen LogP) is 7.61. The molecule has 3 heterocycles. The molecule has 1 saturated carbocycles. The zero-order valence-electron chi connectivity index (χ0n) is 26.7. The van der Waals surface area contributed by atoms with Gasteiger partial charge in [0, 0.05) is 11.1 Å². The summed E-state index contributed by atoms with van der Waals surface area (Å²) in [7, 11) is 1.41. The fourth-order valence-corrected chi connectivity index (χ4v) is 6.61. The maximum absolute atomic E-state index is 13.8. The van der Waals surface area contributed by atoms with E-state index in [1.807, 2.05) is 0 Å². The van der Waals surface area contributed by atoms with Crippen LogP contribution in [0.2, 0.25) is 0 Å². The Kier molecular flexibility index (Phi) is 8.62. The Balaban J connectivity index is 1.40. The van der Waals surface area contributed by atoms with Crippen molar-refractivity contribution >= 4 is 18.0 Å². The minimum atomic E-state index is -5.12. The van der Waals surface area contributed by atoms with Crippen LogP contribution in [-0.2, 0) is 28.4 Å². The van der Waals surface area contributed by atoms with Crippen molar-refractivity contribution in [3.05, 3.63) is 70.0 Å². The number of carboxylic acid groups (broad SMARTS) is 1. The summed E-state index contributed by atoms with van der Waals surface area (Å²) in [6.07, 6.45) is -12.0. The number of nitrogens with zero attached hydrogens (tertiary/aromatic N) is 4. The first-order valence-electron chi connectivity index (χ1n) is 15.4. The minimum absolute atomic E-state index is 0.0214. The van der Waals surface area contributed by atoms with Gasteiger partial charge < -0.3 is 19.5 Å². The molecule has 2 aliphatic heterocycles. The zero-order chi connectivity index (χ0) is 36.5. The number of carboxylic acids is 1. The molecule has 3 aromatic rings. The van der Waals surface area contributed by atoms with Gasteiger partial charge in [0.05, 0.1) is 61.2 Å². The largest absolute Gasteiger partial charge is 0.496 e. The van der Waals surface area contributed by atoms with Crippen molar-refractivity contribution in [2.75, 3.05) is 25.1 Å². The van der Waals surface area contributed by atoms with Crippen LogP contribution in [0.3, 0.4) is 0 Å². The third kappa shape index (κ3) is 6.61. The molecule has 50 heavy (non-hydrogen) atoms. The maximum atomic E-state index is 13.8. The van der Waals surface area contributed by atoms with Crippen LogP contribution in [0.25, 0.3) is 11.1 Å². The van der Waals surface area contributed by atoms with Crippen molar-refractivity contribution in [1.29, 1.82) is 0 Å². The molecule has 1 unspecified atom stereocenters. The van der Waals surface area contributed by atoms with E-state index in [2.05, 4.69) is 9.97 Å². The number of hydrogen-bond donors (Lipinski definition) is 1. The molecule has 2 aromatic carbocycles. The van der Waals surface area contributed by atoms with Crippen molar-refractivity contribution in [3.8, 4) is 16.9 Å². The number of methoxy groups -OCH3 is 1. The number of halogens is 8. The van der Waals surface area contributed by atoms with Crippen LogP contribution < -0.4 is 9.64 Å². The van der Waals surface area contributed by atoms with Gasteiger partial charge in [-0.25, -0.2) is 23.5 Å². The van der Waals surface area contributed by atoms with Gasteiger partial charge in [-0.15, -0.1) is 0 Å². The molecule has 1 N–H and O–H groups in total. The third-order valence-electron chi connectivity index (χ3n) is 9.38. The highest BCUT2D eigenvalue weighted by molar-refractivity contribution is 5.78. The van der Waals surface area contributed by atoms with Gasteiger partial charge in [-0.05, 0) is 74.1 Å². The van der Waals surface area contributed by atoms with E-state index in [4.69, 9.17) is 9.47 Å². The molecular formula is C33H30F8N4O5. The summed E-state index contributed by atoms with van der Waals surface area (Å²) in [5.41, 5.74) is -1.65. The summed E-state index contributed by atoms with van der Waals surface area (Å²) in [5.74, 6) is -4.20. The second-order valence-corrected chi connectivity index (χ2v) is 12.8. The number of alkyl halides is 8. The molecule has 268 valence electrons. The van der Waals surface area contributed by atoms with E-state index < -0.39 is 84.7 Å². The minimum Gasteiger partial charge on any atom is -0.496 e. The summed E-state index contributed by atoms with van der Waals surface area (Å²) in [6.45, 7) is 1.25. The van der Waals surface area contributed by atoms with Crippen LogP contribution in [0.1, 0.15) is 65.4 Å². The number of aliphatic carboxylic acids is 1. The summed E-state index contributed by atoms with van der Waals surface area (Å²) in [5, 5.41) is 9.35. The van der Waals surface area contributed by atoms with Crippen molar-refractivity contribution in [2.24, 2.45) is 5.92 Å². The standard InChI is InChI=1S/C33H30F8N4O5/c1-15-26(23-10-17(4-5-25(23)49-3)18-6-20(7-18)28(46)47)24(43-29(42-15)44-13-31(34,35)14-44)12-45-16(2)27(50-30(45)48)19-8-21(32(36,37)38)11-22(9-19)33(39,40)41/h4-5,8-11,16,18,20,27H,6-7,12-14H2,1-3H3,(H,46,47)/t16-,18?,20?,27?/m0/s1. The number of rotatable bonds is 8. The first-order valence-corrected chi connectivity index (χ1v) is 15.4. The first-order chi connectivity index (χ1) is 23.3. The highest BCUT2D eigenvalue weighted by atomic mass is 19.4. The Hall–Kier alpha value is -4.70. The number of aromatic nitrogens is 2. The molecule has 17 heteroatoms. The van der Waals surface area contributed by atoms with Crippen molar-refractivity contribution in [1.82, 2.24) is 14.9 Å². The van der Waals surface area contributed by atoms with E-state index in [1.165, 1.54) is 18.9 Å². The number of amides is 1. The van der Waals surface area contributed by atoms with E-state index in [1.54, 1.807) is 25.1 Å². The molecule has 2 saturated heterocycles. The van der Waals surface area contributed by atoms with Crippen LogP contribution >= 0.6 is 0 Å². The van der Waals surface area contributed by atoms with E-state index in [-0.39, 0.29) is 23.6 Å². The Labute approximate surface area is 279 Å². The normalized spacial score (nSPS) is 23.3. The van der Waals surface area contributed by atoms with Gasteiger partial charge in [0.2, 0.25) is 5.95 Å². The zero-order valence-corrected chi connectivity index (χ0v) is 26.7. The Morgan fingerprint density at radius 2 is 1.62 bits per heavy atom. The fourth-order valence-electron chi connectivity index (χ4n) is 6.61. The second kappa shape index (κ2) is 12.3. The first kappa shape index (κ1) is 35.1. The van der Waals surface area contributed by atoms with Gasteiger partial charge in [0.25, 0.3) is 5.92 Å². The number of cyclic esters (lactones) is 1. The lowest BCUT2D eigenvalue weighted by Gasteiger charge is -2.39. The average Bonchev–Trinajstić information content (AvgIpc) is 3.26.